The second kappa shape index (κ2) is 8.18. The van der Waals surface area contributed by atoms with Gasteiger partial charge in [0.25, 0.3) is 0 Å². The minimum absolute atomic E-state index is 0.101. The van der Waals surface area contributed by atoms with Gasteiger partial charge in [0.2, 0.25) is 11.8 Å². The van der Waals surface area contributed by atoms with E-state index in [1.807, 2.05) is 42.6 Å². The molecule has 0 bridgehead atoms. The first-order valence-electron chi connectivity index (χ1n) is 9.28. The first-order valence-corrected chi connectivity index (χ1v) is 9.28. The van der Waals surface area contributed by atoms with E-state index in [-0.39, 0.29) is 12.5 Å². The lowest BCUT2D eigenvalue weighted by Gasteiger charge is -2.20. The molecule has 0 saturated carbocycles. The summed E-state index contributed by atoms with van der Waals surface area (Å²) >= 11 is 0. The van der Waals surface area contributed by atoms with E-state index in [0.717, 1.165) is 30.8 Å². The lowest BCUT2D eigenvalue weighted by Crippen LogP contribution is -2.29. The zero-order valence-corrected chi connectivity index (χ0v) is 15.1. The van der Waals surface area contributed by atoms with Gasteiger partial charge in [-0.05, 0) is 37.6 Å². The third-order valence-corrected chi connectivity index (χ3v) is 4.72. The molecule has 1 aromatic carbocycles. The highest BCUT2D eigenvalue weighted by Gasteiger charge is 2.18. The number of aromatic nitrogens is 3. The summed E-state index contributed by atoms with van der Waals surface area (Å²) in [6.45, 7) is 2.56. The molecule has 7 nitrogen and oxygen atoms in total. The van der Waals surface area contributed by atoms with Crippen molar-refractivity contribution in [1.82, 2.24) is 25.4 Å². The second-order valence-corrected chi connectivity index (χ2v) is 6.77. The Kier molecular flexibility index (Phi) is 5.29. The number of hydrogen-bond acceptors (Lipinski definition) is 5. The van der Waals surface area contributed by atoms with Crippen LogP contribution in [0.4, 0.5) is 0 Å². The van der Waals surface area contributed by atoms with Crippen LogP contribution in [0, 0.1) is 0 Å². The van der Waals surface area contributed by atoms with E-state index in [0.29, 0.717) is 24.0 Å². The number of oxazole rings is 1. The van der Waals surface area contributed by atoms with Crippen LogP contribution in [-0.4, -0.2) is 33.8 Å². The normalized spacial score (nSPS) is 17.0. The molecule has 1 saturated heterocycles. The standard InChI is InChI=1S/C20H23N5O2/c26-19(13-25-10-8-18(24-25)16-7-4-9-21-11-16)22-12-17-14-27-20(23-17)15-5-2-1-3-6-15/h1-3,5-6,8,10,14,16,21H,4,7,9,11-13H2,(H,22,26)/t16-/m1/s1. The van der Waals surface area contributed by atoms with Crippen molar-refractivity contribution in [1.29, 1.82) is 0 Å². The summed E-state index contributed by atoms with van der Waals surface area (Å²) < 4.78 is 7.18. The van der Waals surface area contributed by atoms with Gasteiger partial charge in [-0.25, -0.2) is 4.98 Å². The number of amides is 1. The summed E-state index contributed by atoms with van der Waals surface area (Å²) in [5, 5.41) is 10.8. The number of nitrogens with one attached hydrogen (secondary N) is 2. The van der Waals surface area contributed by atoms with Crippen molar-refractivity contribution in [2.75, 3.05) is 13.1 Å². The summed E-state index contributed by atoms with van der Waals surface area (Å²) in [5.41, 5.74) is 2.66. The van der Waals surface area contributed by atoms with Crippen LogP contribution < -0.4 is 10.6 Å². The summed E-state index contributed by atoms with van der Waals surface area (Å²) in [6.07, 6.45) is 5.75. The molecule has 1 amide bonds. The molecule has 0 unspecified atom stereocenters. The molecule has 0 radical (unpaired) electrons. The third kappa shape index (κ3) is 4.43. The highest BCUT2D eigenvalue weighted by Crippen LogP contribution is 2.21. The Morgan fingerprint density at radius 2 is 2.19 bits per heavy atom. The van der Waals surface area contributed by atoms with Crippen molar-refractivity contribution in [2.45, 2.75) is 31.8 Å². The summed E-state index contributed by atoms with van der Waals surface area (Å²) in [7, 11) is 0. The van der Waals surface area contributed by atoms with Crippen molar-refractivity contribution in [3.05, 3.63) is 60.2 Å². The topological polar surface area (TPSA) is 85.0 Å². The van der Waals surface area contributed by atoms with Crippen LogP contribution >= 0.6 is 0 Å². The van der Waals surface area contributed by atoms with E-state index in [1.54, 1.807) is 10.9 Å². The molecule has 7 heteroatoms. The summed E-state index contributed by atoms with van der Waals surface area (Å²) in [5.74, 6) is 0.892. The maximum absolute atomic E-state index is 12.2. The predicted molar refractivity (Wildman–Crippen MR) is 101 cm³/mol. The van der Waals surface area contributed by atoms with Gasteiger partial charge in [-0.2, -0.15) is 5.10 Å². The van der Waals surface area contributed by atoms with Gasteiger partial charge < -0.3 is 15.1 Å². The predicted octanol–water partition coefficient (Wildman–Crippen LogP) is 2.32. The van der Waals surface area contributed by atoms with Crippen LogP contribution in [0.1, 0.15) is 30.1 Å². The number of nitrogens with zero attached hydrogens (tertiary/aromatic N) is 3. The Balaban J connectivity index is 1.29. The smallest absolute Gasteiger partial charge is 0.242 e. The maximum Gasteiger partial charge on any atom is 0.242 e. The molecule has 2 aromatic heterocycles. The molecule has 2 N–H and O–H groups in total. The summed E-state index contributed by atoms with van der Waals surface area (Å²) in [6, 6.07) is 11.7. The van der Waals surface area contributed by atoms with Crippen molar-refractivity contribution < 1.29 is 9.21 Å². The lowest BCUT2D eigenvalue weighted by atomic mass is 9.97. The molecule has 3 aromatic rings. The highest BCUT2D eigenvalue weighted by molar-refractivity contribution is 5.75. The van der Waals surface area contributed by atoms with Crippen molar-refractivity contribution in [3.8, 4) is 11.5 Å². The van der Waals surface area contributed by atoms with Crippen LogP contribution in [-0.2, 0) is 17.9 Å². The largest absolute Gasteiger partial charge is 0.444 e. The molecule has 1 fully saturated rings. The van der Waals surface area contributed by atoms with Gasteiger partial charge in [0.05, 0.1) is 17.9 Å². The van der Waals surface area contributed by atoms with Gasteiger partial charge in [0, 0.05) is 24.2 Å². The maximum atomic E-state index is 12.2. The molecule has 4 rings (SSSR count). The van der Waals surface area contributed by atoms with E-state index in [2.05, 4.69) is 20.7 Å². The number of benzene rings is 1. The fourth-order valence-electron chi connectivity index (χ4n) is 3.28. The Bertz CT molecular complexity index is 881. The Hall–Kier alpha value is -2.93. The Morgan fingerprint density at radius 1 is 1.30 bits per heavy atom. The second-order valence-electron chi connectivity index (χ2n) is 6.77. The van der Waals surface area contributed by atoms with E-state index in [9.17, 15) is 4.79 Å². The first kappa shape index (κ1) is 17.5. The molecule has 27 heavy (non-hydrogen) atoms. The average Bonchev–Trinajstić information content (AvgIpc) is 3.37. The Labute approximate surface area is 157 Å². The average molecular weight is 365 g/mol. The number of carbonyl (C=O) groups excluding carboxylic acids is 1. The van der Waals surface area contributed by atoms with Gasteiger partial charge in [-0.15, -0.1) is 0 Å². The fraction of sp³-hybridized carbons (Fsp3) is 0.350. The molecule has 3 heterocycles. The van der Waals surface area contributed by atoms with Crippen LogP contribution in [0.2, 0.25) is 0 Å². The third-order valence-electron chi connectivity index (χ3n) is 4.72. The molecule has 1 atom stereocenters. The number of piperidine rings is 1. The highest BCUT2D eigenvalue weighted by atomic mass is 16.3. The quantitative estimate of drug-likeness (QED) is 0.700. The van der Waals surface area contributed by atoms with Crippen LogP contribution in [0.25, 0.3) is 11.5 Å². The minimum Gasteiger partial charge on any atom is -0.444 e. The fourth-order valence-corrected chi connectivity index (χ4v) is 3.28. The molecule has 0 spiro atoms. The Morgan fingerprint density at radius 3 is 3.00 bits per heavy atom. The zero-order chi connectivity index (χ0) is 18.5. The van der Waals surface area contributed by atoms with Crippen LogP contribution in [0.5, 0.6) is 0 Å². The van der Waals surface area contributed by atoms with E-state index in [4.69, 9.17) is 4.42 Å². The van der Waals surface area contributed by atoms with Crippen LogP contribution in [0.15, 0.2) is 53.3 Å². The van der Waals surface area contributed by atoms with Gasteiger partial charge in [0.1, 0.15) is 12.8 Å². The SMILES string of the molecule is O=C(Cn1ccc([C@@H]2CCCNC2)n1)NCc1coc(-c2ccccc2)n1. The van der Waals surface area contributed by atoms with Gasteiger partial charge >= 0.3 is 0 Å². The van der Waals surface area contributed by atoms with Crippen molar-refractivity contribution in [2.24, 2.45) is 0 Å². The molecular formula is C20H23N5O2. The minimum atomic E-state index is -0.101. The molecule has 140 valence electrons. The molecule has 1 aliphatic rings. The van der Waals surface area contributed by atoms with Crippen molar-refractivity contribution >= 4 is 5.91 Å². The van der Waals surface area contributed by atoms with Gasteiger partial charge in [-0.1, -0.05) is 18.2 Å². The number of rotatable bonds is 6. The monoisotopic (exact) mass is 365 g/mol. The number of carbonyl (C=O) groups is 1. The van der Waals surface area contributed by atoms with E-state index in [1.165, 1.54) is 6.42 Å². The van der Waals surface area contributed by atoms with Gasteiger partial charge in [0.15, 0.2) is 0 Å². The van der Waals surface area contributed by atoms with E-state index < -0.39 is 0 Å². The lowest BCUT2D eigenvalue weighted by molar-refractivity contribution is -0.122. The molecular weight excluding hydrogens is 342 g/mol. The van der Waals surface area contributed by atoms with Gasteiger partial charge in [-0.3, -0.25) is 9.48 Å². The summed E-state index contributed by atoms with van der Waals surface area (Å²) in [4.78, 5) is 16.6. The molecule has 1 aliphatic heterocycles. The van der Waals surface area contributed by atoms with E-state index >= 15 is 0 Å². The molecule has 0 aliphatic carbocycles. The first-order chi connectivity index (χ1) is 13.3. The zero-order valence-electron chi connectivity index (χ0n) is 15.1. The van der Waals surface area contributed by atoms with Crippen molar-refractivity contribution in [3.63, 3.8) is 0 Å². The number of hydrogen-bond donors (Lipinski definition) is 2. The van der Waals surface area contributed by atoms with Crippen LogP contribution in [0.3, 0.4) is 0 Å².